The lowest BCUT2D eigenvalue weighted by molar-refractivity contribution is -0.119. The predicted octanol–water partition coefficient (Wildman–Crippen LogP) is 4.71. The first-order valence-electron chi connectivity index (χ1n) is 16.0. The summed E-state index contributed by atoms with van der Waals surface area (Å²) in [5, 5.41) is 6.77. The van der Waals surface area contributed by atoms with E-state index in [9.17, 15) is 4.79 Å². The van der Waals surface area contributed by atoms with Gasteiger partial charge in [0, 0.05) is 26.0 Å². The Kier molecular flexibility index (Phi) is 18.6. The largest absolute Gasteiger partial charge is 0.493 e. The van der Waals surface area contributed by atoms with E-state index in [0.29, 0.717) is 92.4 Å². The third-order valence-corrected chi connectivity index (χ3v) is 6.72. The molecule has 0 radical (unpaired) electrons. The van der Waals surface area contributed by atoms with Gasteiger partial charge in [-0.25, -0.2) is 0 Å². The lowest BCUT2D eigenvalue weighted by Gasteiger charge is -2.14. The summed E-state index contributed by atoms with van der Waals surface area (Å²) in [6.07, 6.45) is 1.57. The van der Waals surface area contributed by atoms with Crippen molar-refractivity contribution >= 4 is 5.91 Å². The summed E-state index contributed by atoms with van der Waals surface area (Å²) in [6, 6.07) is 16.7. The van der Waals surface area contributed by atoms with Gasteiger partial charge in [-0.2, -0.15) is 0 Å². The Morgan fingerprint density at radius 2 is 1.24 bits per heavy atom. The molecule has 0 spiro atoms. The van der Waals surface area contributed by atoms with Gasteiger partial charge in [0.05, 0.1) is 85.9 Å². The molecule has 46 heavy (non-hydrogen) atoms. The van der Waals surface area contributed by atoms with E-state index in [1.54, 1.807) is 0 Å². The summed E-state index contributed by atoms with van der Waals surface area (Å²) in [5.41, 5.74) is 5.44. The number of aromatic nitrogens is 1. The van der Waals surface area contributed by atoms with Crippen molar-refractivity contribution in [3.05, 3.63) is 71.1 Å². The zero-order valence-corrected chi connectivity index (χ0v) is 27.6. The molecule has 0 atom stereocenters. The Balaban J connectivity index is 1.10. The first-order valence-corrected chi connectivity index (χ1v) is 16.0. The van der Waals surface area contributed by atoms with Gasteiger partial charge in [-0.1, -0.05) is 35.5 Å². The normalized spacial score (nSPS) is 11.2. The molecule has 1 aromatic heterocycles. The van der Waals surface area contributed by atoms with Crippen LogP contribution >= 0.6 is 0 Å². The van der Waals surface area contributed by atoms with E-state index in [4.69, 9.17) is 37.7 Å². The van der Waals surface area contributed by atoms with Crippen LogP contribution in [0.5, 0.6) is 5.75 Å². The number of nitrogens with zero attached hydrogens (tertiary/aromatic N) is 1. The van der Waals surface area contributed by atoms with Crippen LogP contribution in [-0.2, 0) is 46.2 Å². The third kappa shape index (κ3) is 15.8. The van der Waals surface area contributed by atoms with Crippen molar-refractivity contribution in [3.8, 4) is 16.9 Å². The van der Waals surface area contributed by atoms with E-state index in [1.807, 2.05) is 12.1 Å². The van der Waals surface area contributed by atoms with Gasteiger partial charge in [0.2, 0.25) is 5.91 Å². The molecular formula is C35H50N2O9. The van der Waals surface area contributed by atoms with Gasteiger partial charge in [0.15, 0.2) is 0 Å². The molecule has 0 bridgehead atoms. The second-order valence-electron chi connectivity index (χ2n) is 10.6. The van der Waals surface area contributed by atoms with E-state index >= 15 is 0 Å². The Morgan fingerprint density at radius 3 is 1.80 bits per heavy atom. The molecule has 254 valence electrons. The molecule has 0 fully saturated rings. The first-order chi connectivity index (χ1) is 22.5. The molecule has 0 saturated carbocycles. The highest BCUT2D eigenvalue weighted by Crippen LogP contribution is 2.30. The van der Waals surface area contributed by atoms with Crippen LogP contribution in [0.15, 0.2) is 53.1 Å². The number of ether oxygens (including phenoxy) is 7. The number of rotatable bonds is 26. The smallest absolute Gasteiger partial charge is 0.216 e. The average molecular weight is 643 g/mol. The summed E-state index contributed by atoms with van der Waals surface area (Å²) in [4.78, 5) is 10.7. The quantitative estimate of drug-likeness (QED) is 0.123. The Bertz CT molecular complexity index is 1210. The van der Waals surface area contributed by atoms with Crippen molar-refractivity contribution in [2.75, 3.05) is 85.8 Å². The van der Waals surface area contributed by atoms with Crippen LogP contribution in [0.3, 0.4) is 0 Å². The summed E-state index contributed by atoms with van der Waals surface area (Å²) in [5.74, 6) is 1.71. The second kappa shape index (κ2) is 23.1. The van der Waals surface area contributed by atoms with E-state index in [0.717, 1.165) is 41.2 Å². The fourth-order valence-corrected chi connectivity index (χ4v) is 4.51. The molecule has 3 aromatic rings. The van der Waals surface area contributed by atoms with Crippen LogP contribution in [0.2, 0.25) is 0 Å². The van der Waals surface area contributed by atoms with Crippen molar-refractivity contribution in [2.24, 2.45) is 0 Å². The fraction of sp³-hybridized carbons (Fsp3) is 0.543. The minimum absolute atomic E-state index is 0.0609. The molecule has 0 aliphatic carbocycles. The first kappa shape index (κ1) is 37.1. The molecule has 0 unspecified atom stereocenters. The monoisotopic (exact) mass is 642 g/mol. The van der Waals surface area contributed by atoms with Gasteiger partial charge < -0.3 is 43.0 Å². The van der Waals surface area contributed by atoms with E-state index < -0.39 is 0 Å². The third-order valence-electron chi connectivity index (χ3n) is 6.72. The number of hydrogen-bond acceptors (Lipinski definition) is 10. The van der Waals surface area contributed by atoms with Gasteiger partial charge in [-0.3, -0.25) is 4.79 Å². The summed E-state index contributed by atoms with van der Waals surface area (Å²) in [7, 11) is 0. The molecular weight excluding hydrogens is 592 g/mol. The number of aryl methyl sites for hydroxylation is 3. The topological polar surface area (TPSA) is 120 Å². The SMILES string of the molecule is CC(=O)NCCOCCOCCOCCOCCOCCOCc1cc(CCCOc2c(C)cc(-c3ccccc3)cc2C)on1. The molecule has 0 aliphatic rings. The Hall–Kier alpha value is -3.32. The lowest BCUT2D eigenvalue weighted by Crippen LogP contribution is -2.25. The zero-order valence-electron chi connectivity index (χ0n) is 27.6. The van der Waals surface area contributed by atoms with Crippen LogP contribution in [-0.4, -0.2) is 96.9 Å². The molecule has 2 aromatic carbocycles. The Labute approximate surface area is 272 Å². The van der Waals surface area contributed by atoms with Crippen LogP contribution in [0.1, 0.15) is 35.9 Å². The number of carbonyl (C=O) groups is 1. The maximum absolute atomic E-state index is 10.7. The average Bonchev–Trinajstić information content (AvgIpc) is 3.50. The maximum Gasteiger partial charge on any atom is 0.216 e. The molecule has 3 rings (SSSR count). The minimum atomic E-state index is -0.0609. The van der Waals surface area contributed by atoms with E-state index in [-0.39, 0.29) is 5.91 Å². The van der Waals surface area contributed by atoms with Crippen molar-refractivity contribution in [1.29, 1.82) is 0 Å². The van der Waals surface area contributed by atoms with E-state index in [2.05, 4.69) is 60.7 Å². The Morgan fingerprint density at radius 1 is 0.696 bits per heavy atom. The molecule has 0 aliphatic heterocycles. The minimum Gasteiger partial charge on any atom is -0.493 e. The van der Waals surface area contributed by atoms with Crippen molar-refractivity contribution in [3.63, 3.8) is 0 Å². The van der Waals surface area contributed by atoms with Crippen molar-refractivity contribution in [2.45, 2.75) is 40.2 Å². The summed E-state index contributed by atoms with van der Waals surface area (Å²) >= 11 is 0. The van der Waals surface area contributed by atoms with Gasteiger partial charge in [0.25, 0.3) is 0 Å². The molecule has 1 heterocycles. The number of nitrogens with one attached hydrogen (secondary N) is 1. The number of amides is 1. The van der Waals surface area contributed by atoms with Gasteiger partial charge in [-0.15, -0.1) is 0 Å². The predicted molar refractivity (Wildman–Crippen MR) is 174 cm³/mol. The summed E-state index contributed by atoms with van der Waals surface area (Å²) < 4.78 is 44.5. The van der Waals surface area contributed by atoms with E-state index in [1.165, 1.54) is 18.1 Å². The summed E-state index contributed by atoms with van der Waals surface area (Å²) in [6.45, 7) is 12.5. The second-order valence-corrected chi connectivity index (χ2v) is 10.6. The highest BCUT2D eigenvalue weighted by Gasteiger charge is 2.09. The van der Waals surface area contributed by atoms with Crippen LogP contribution in [0.4, 0.5) is 0 Å². The lowest BCUT2D eigenvalue weighted by atomic mass is 10.00. The molecule has 0 saturated heterocycles. The van der Waals surface area contributed by atoms with Crippen LogP contribution in [0, 0.1) is 13.8 Å². The van der Waals surface area contributed by atoms with Gasteiger partial charge in [-0.05, 0) is 54.7 Å². The molecule has 1 amide bonds. The van der Waals surface area contributed by atoms with Crippen molar-refractivity contribution < 1.29 is 42.5 Å². The van der Waals surface area contributed by atoms with Crippen LogP contribution in [0.25, 0.3) is 11.1 Å². The molecule has 1 N–H and O–H groups in total. The van der Waals surface area contributed by atoms with Gasteiger partial charge in [0.1, 0.15) is 17.2 Å². The molecule has 11 nitrogen and oxygen atoms in total. The number of hydrogen-bond donors (Lipinski definition) is 1. The maximum atomic E-state index is 10.7. The fourth-order valence-electron chi connectivity index (χ4n) is 4.51. The number of carbonyl (C=O) groups excluding carboxylic acids is 1. The highest BCUT2D eigenvalue weighted by atomic mass is 16.6. The molecule has 11 heteroatoms. The number of benzene rings is 2. The van der Waals surface area contributed by atoms with Crippen LogP contribution < -0.4 is 10.1 Å². The zero-order chi connectivity index (χ0) is 32.7. The standard InChI is InChI=1S/C35H50N2O9/c1-28-24-32(31-8-5-4-6-9-31)25-29(2)35(28)45-12-7-10-34-26-33(37-46-34)27-44-23-22-43-21-20-42-19-18-41-17-16-40-15-14-39-13-11-36-30(3)38/h4-6,8-9,24-26H,7,10-23,27H2,1-3H3,(H,36,38). The van der Waals surface area contributed by atoms with Gasteiger partial charge >= 0.3 is 0 Å². The van der Waals surface area contributed by atoms with Crippen molar-refractivity contribution in [1.82, 2.24) is 10.5 Å². The highest BCUT2D eigenvalue weighted by molar-refractivity contribution is 5.72.